The van der Waals surface area contributed by atoms with E-state index in [9.17, 15) is 0 Å². The summed E-state index contributed by atoms with van der Waals surface area (Å²) in [6, 6.07) is 0. The Kier molecular flexibility index (Phi) is 8.77. The zero-order valence-electron chi connectivity index (χ0n) is 13.6. The number of hydrogen-bond donors (Lipinski definition) is 1. The van der Waals surface area contributed by atoms with Crippen molar-refractivity contribution in [3.63, 3.8) is 0 Å². The van der Waals surface area contributed by atoms with Crippen molar-refractivity contribution >= 4 is 0 Å². The molecule has 0 aromatic carbocycles. The van der Waals surface area contributed by atoms with Gasteiger partial charge in [0.15, 0.2) is 0 Å². The highest BCUT2D eigenvalue weighted by Gasteiger charge is 2.30. The molecule has 0 aromatic rings. The molecule has 0 saturated heterocycles. The Morgan fingerprint density at radius 2 is 1.37 bits per heavy atom. The molecule has 0 unspecified atom stereocenters. The number of unbranched alkanes of at least 4 members (excludes halogenated alkanes) is 7. The van der Waals surface area contributed by atoms with Gasteiger partial charge in [0.2, 0.25) is 0 Å². The molecule has 0 amide bonds. The molecule has 0 aromatic heterocycles. The van der Waals surface area contributed by atoms with Crippen LogP contribution in [-0.2, 0) is 0 Å². The van der Waals surface area contributed by atoms with Gasteiger partial charge in [0.25, 0.3) is 0 Å². The van der Waals surface area contributed by atoms with Gasteiger partial charge in [-0.15, -0.1) is 0 Å². The number of hydrogen-bond acceptors (Lipinski definition) is 1. The molecule has 0 aliphatic heterocycles. The van der Waals surface area contributed by atoms with Crippen LogP contribution < -0.4 is 5.73 Å². The van der Waals surface area contributed by atoms with Crippen LogP contribution in [0, 0.1) is 5.92 Å². The summed E-state index contributed by atoms with van der Waals surface area (Å²) in [4.78, 5) is 0. The standard InChI is InChI=1S/C18H37N/c1-3-5-6-7-8-9-10-11-14-18(19)15-12-17(4-2)13-16-18/h17H,3-16,19H2,1-2H3. The summed E-state index contributed by atoms with van der Waals surface area (Å²) in [5.41, 5.74) is 6.76. The van der Waals surface area contributed by atoms with Crippen LogP contribution in [0.4, 0.5) is 0 Å². The first-order valence-electron chi connectivity index (χ1n) is 8.99. The van der Waals surface area contributed by atoms with Crippen LogP contribution in [0.2, 0.25) is 0 Å². The predicted molar refractivity (Wildman–Crippen MR) is 86.4 cm³/mol. The van der Waals surface area contributed by atoms with Gasteiger partial charge in [-0.3, -0.25) is 0 Å². The summed E-state index contributed by atoms with van der Waals surface area (Å²) >= 11 is 0. The maximum absolute atomic E-state index is 6.56. The zero-order valence-corrected chi connectivity index (χ0v) is 13.6. The molecular weight excluding hydrogens is 230 g/mol. The Hall–Kier alpha value is -0.0400. The van der Waals surface area contributed by atoms with Crippen molar-refractivity contribution < 1.29 is 0 Å². The van der Waals surface area contributed by atoms with Gasteiger partial charge in [-0.1, -0.05) is 71.6 Å². The van der Waals surface area contributed by atoms with Gasteiger partial charge in [-0.25, -0.2) is 0 Å². The molecule has 0 atom stereocenters. The van der Waals surface area contributed by atoms with Gasteiger partial charge >= 0.3 is 0 Å². The topological polar surface area (TPSA) is 26.0 Å². The van der Waals surface area contributed by atoms with E-state index in [4.69, 9.17) is 5.73 Å². The second-order valence-electron chi connectivity index (χ2n) is 6.94. The third-order valence-corrected chi connectivity index (χ3v) is 5.21. The van der Waals surface area contributed by atoms with E-state index in [0.717, 1.165) is 5.92 Å². The van der Waals surface area contributed by atoms with Crippen LogP contribution in [0.15, 0.2) is 0 Å². The van der Waals surface area contributed by atoms with Crippen LogP contribution in [0.3, 0.4) is 0 Å². The highest BCUT2D eigenvalue weighted by atomic mass is 14.7. The molecule has 0 radical (unpaired) electrons. The molecule has 1 aliphatic carbocycles. The van der Waals surface area contributed by atoms with Crippen molar-refractivity contribution in [3.05, 3.63) is 0 Å². The fraction of sp³-hybridized carbons (Fsp3) is 1.00. The average Bonchev–Trinajstić information content (AvgIpc) is 2.43. The van der Waals surface area contributed by atoms with E-state index in [1.165, 1.54) is 89.9 Å². The third kappa shape index (κ3) is 7.34. The van der Waals surface area contributed by atoms with Crippen molar-refractivity contribution in [1.29, 1.82) is 0 Å². The van der Waals surface area contributed by atoms with Gasteiger partial charge in [0.1, 0.15) is 0 Å². The minimum absolute atomic E-state index is 0.202. The monoisotopic (exact) mass is 267 g/mol. The molecule has 0 spiro atoms. The Morgan fingerprint density at radius 3 is 1.89 bits per heavy atom. The van der Waals surface area contributed by atoms with Gasteiger partial charge in [-0.05, 0) is 38.0 Å². The summed E-state index contributed by atoms with van der Waals surface area (Å²) in [5, 5.41) is 0. The molecule has 1 fully saturated rings. The number of nitrogens with two attached hydrogens (primary N) is 1. The van der Waals surface area contributed by atoms with Crippen LogP contribution in [0.1, 0.15) is 104 Å². The molecule has 1 saturated carbocycles. The lowest BCUT2D eigenvalue weighted by atomic mass is 9.74. The molecule has 114 valence electrons. The first-order chi connectivity index (χ1) is 9.20. The van der Waals surface area contributed by atoms with Gasteiger partial charge in [0, 0.05) is 5.54 Å². The van der Waals surface area contributed by atoms with Gasteiger partial charge < -0.3 is 5.73 Å². The van der Waals surface area contributed by atoms with E-state index < -0.39 is 0 Å². The smallest absolute Gasteiger partial charge is 0.0154 e. The third-order valence-electron chi connectivity index (χ3n) is 5.21. The fourth-order valence-corrected chi connectivity index (χ4v) is 3.52. The highest BCUT2D eigenvalue weighted by Crippen LogP contribution is 2.35. The van der Waals surface area contributed by atoms with Crippen LogP contribution >= 0.6 is 0 Å². The van der Waals surface area contributed by atoms with E-state index >= 15 is 0 Å². The van der Waals surface area contributed by atoms with Crippen LogP contribution in [-0.4, -0.2) is 5.54 Å². The average molecular weight is 268 g/mol. The molecule has 1 nitrogen and oxygen atoms in total. The van der Waals surface area contributed by atoms with E-state index in [2.05, 4.69) is 13.8 Å². The highest BCUT2D eigenvalue weighted by molar-refractivity contribution is 4.89. The maximum Gasteiger partial charge on any atom is 0.0154 e. The zero-order chi connectivity index (χ0) is 14.0. The summed E-state index contributed by atoms with van der Waals surface area (Å²) in [5.74, 6) is 0.968. The first kappa shape index (κ1) is 17.0. The van der Waals surface area contributed by atoms with Gasteiger partial charge in [-0.2, -0.15) is 0 Å². The van der Waals surface area contributed by atoms with Crippen molar-refractivity contribution in [3.8, 4) is 0 Å². The Labute approximate surface area is 121 Å². The van der Waals surface area contributed by atoms with E-state index in [-0.39, 0.29) is 5.54 Å². The quantitative estimate of drug-likeness (QED) is 0.496. The lowest BCUT2D eigenvalue weighted by molar-refractivity contribution is 0.213. The van der Waals surface area contributed by atoms with E-state index in [0.29, 0.717) is 0 Å². The molecular formula is C18H37N. The van der Waals surface area contributed by atoms with Crippen LogP contribution in [0.25, 0.3) is 0 Å². The van der Waals surface area contributed by atoms with Gasteiger partial charge in [0.05, 0.1) is 0 Å². The lowest BCUT2D eigenvalue weighted by Crippen LogP contribution is -2.43. The van der Waals surface area contributed by atoms with Crippen molar-refractivity contribution in [1.82, 2.24) is 0 Å². The molecule has 1 aliphatic rings. The molecule has 0 bridgehead atoms. The predicted octanol–water partition coefficient (Wildman–Crippen LogP) is 5.81. The SMILES string of the molecule is CCCCCCCCCCC1(N)CCC(CC)CC1. The summed E-state index contributed by atoms with van der Waals surface area (Å²) in [6.07, 6.45) is 19.2. The maximum atomic E-state index is 6.56. The summed E-state index contributed by atoms with van der Waals surface area (Å²) in [7, 11) is 0. The van der Waals surface area contributed by atoms with E-state index in [1.807, 2.05) is 0 Å². The largest absolute Gasteiger partial charge is 0.325 e. The summed E-state index contributed by atoms with van der Waals surface area (Å²) < 4.78 is 0. The molecule has 1 rings (SSSR count). The number of rotatable bonds is 10. The normalized spacial score (nSPS) is 27.6. The van der Waals surface area contributed by atoms with Crippen molar-refractivity contribution in [2.75, 3.05) is 0 Å². The first-order valence-corrected chi connectivity index (χ1v) is 8.99. The fourth-order valence-electron chi connectivity index (χ4n) is 3.52. The molecule has 0 heterocycles. The van der Waals surface area contributed by atoms with Crippen LogP contribution in [0.5, 0.6) is 0 Å². The minimum Gasteiger partial charge on any atom is -0.325 e. The Bertz CT molecular complexity index is 204. The lowest BCUT2D eigenvalue weighted by Gasteiger charge is -2.37. The second-order valence-corrected chi connectivity index (χ2v) is 6.94. The molecule has 1 heteroatoms. The Morgan fingerprint density at radius 1 is 0.842 bits per heavy atom. The van der Waals surface area contributed by atoms with E-state index in [1.54, 1.807) is 0 Å². The van der Waals surface area contributed by atoms with Crippen molar-refractivity contribution in [2.45, 2.75) is 109 Å². The second kappa shape index (κ2) is 9.80. The molecule has 2 N–H and O–H groups in total. The summed E-state index contributed by atoms with van der Waals surface area (Å²) in [6.45, 7) is 4.61. The Balaban J connectivity index is 1.97. The van der Waals surface area contributed by atoms with Crippen molar-refractivity contribution in [2.24, 2.45) is 11.7 Å². The minimum atomic E-state index is 0.202. The molecule has 19 heavy (non-hydrogen) atoms.